The van der Waals surface area contributed by atoms with Gasteiger partial charge in [-0.15, -0.1) is 0 Å². The predicted molar refractivity (Wildman–Crippen MR) is 106 cm³/mol. The summed E-state index contributed by atoms with van der Waals surface area (Å²) in [5, 5.41) is 5.57. The molecule has 5 heteroatoms. The Morgan fingerprint density at radius 1 is 0.889 bits per heavy atom. The summed E-state index contributed by atoms with van der Waals surface area (Å²) in [5.41, 5.74) is 0.908. The maximum atomic E-state index is 12.5. The van der Waals surface area contributed by atoms with Gasteiger partial charge in [-0.05, 0) is 45.2 Å². The minimum Gasteiger partial charge on any atom is -0.444 e. The Kier molecular flexibility index (Phi) is 6.61. The number of carbonyl (C=O) groups is 2. The molecule has 5 nitrogen and oxygen atoms in total. The van der Waals surface area contributed by atoms with Crippen molar-refractivity contribution in [2.75, 3.05) is 6.54 Å². The average molecular weight is 368 g/mol. The van der Waals surface area contributed by atoms with Gasteiger partial charge in [-0.2, -0.15) is 0 Å². The lowest BCUT2D eigenvalue weighted by Gasteiger charge is -2.32. The molecule has 0 saturated carbocycles. The molecule has 2 N–H and O–H groups in total. The largest absolute Gasteiger partial charge is 0.444 e. The first-order chi connectivity index (χ1) is 12.7. The van der Waals surface area contributed by atoms with E-state index >= 15 is 0 Å². The minimum absolute atomic E-state index is 0.147. The molecule has 2 amide bonds. The van der Waals surface area contributed by atoms with Crippen molar-refractivity contribution in [2.24, 2.45) is 0 Å². The van der Waals surface area contributed by atoms with Crippen LogP contribution in [-0.2, 0) is 21.5 Å². The van der Waals surface area contributed by atoms with E-state index in [1.807, 2.05) is 67.6 Å². The maximum absolute atomic E-state index is 12.5. The number of hydrogen-bond donors (Lipinski definition) is 2. The normalized spacial score (nSPS) is 13.3. The Labute approximate surface area is 161 Å². The molecule has 0 aromatic heterocycles. The van der Waals surface area contributed by atoms with Crippen LogP contribution >= 0.6 is 0 Å². The lowest BCUT2D eigenvalue weighted by Crippen LogP contribution is -2.49. The van der Waals surface area contributed by atoms with Crippen molar-refractivity contribution < 1.29 is 14.3 Å². The molecule has 27 heavy (non-hydrogen) atoms. The van der Waals surface area contributed by atoms with Crippen LogP contribution < -0.4 is 10.6 Å². The molecule has 1 unspecified atom stereocenters. The van der Waals surface area contributed by atoms with Crippen LogP contribution in [0, 0.1) is 0 Å². The molecule has 0 aliphatic rings. The number of alkyl carbamates (subject to hydrolysis) is 1. The van der Waals surface area contributed by atoms with E-state index in [-0.39, 0.29) is 12.5 Å². The molecule has 0 bridgehead atoms. The van der Waals surface area contributed by atoms with Crippen molar-refractivity contribution in [3.8, 4) is 0 Å². The summed E-state index contributed by atoms with van der Waals surface area (Å²) < 4.78 is 5.17. The number of hydrogen-bond acceptors (Lipinski definition) is 3. The standard InChI is InChI=1S/C22H28N2O3/c1-21(2,3)27-20(26)23-16-19(25)24-22(4,18-13-9-6-10-14-18)15-17-11-7-5-8-12-17/h5-14H,15-16H2,1-4H3,(H,23,26)(H,24,25). The molecule has 1 atom stereocenters. The van der Waals surface area contributed by atoms with Gasteiger partial charge in [-0.25, -0.2) is 4.79 Å². The number of amides is 2. The second kappa shape index (κ2) is 8.71. The van der Waals surface area contributed by atoms with E-state index in [1.54, 1.807) is 20.8 Å². The van der Waals surface area contributed by atoms with Gasteiger partial charge in [0.1, 0.15) is 12.1 Å². The highest BCUT2D eigenvalue weighted by atomic mass is 16.6. The Morgan fingerprint density at radius 2 is 1.44 bits per heavy atom. The zero-order valence-electron chi connectivity index (χ0n) is 16.4. The van der Waals surface area contributed by atoms with Gasteiger partial charge in [0.25, 0.3) is 0 Å². The molecule has 2 aromatic carbocycles. The Hall–Kier alpha value is -2.82. The van der Waals surface area contributed by atoms with Crippen LogP contribution in [0.1, 0.15) is 38.8 Å². The topological polar surface area (TPSA) is 67.4 Å². The van der Waals surface area contributed by atoms with Crippen molar-refractivity contribution in [1.82, 2.24) is 10.6 Å². The lowest BCUT2D eigenvalue weighted by atomic mass is 9.85. The molecular formula is C22H28N2O3. The SMILES string of the molecule is CC(C)(C)OC(=O)NCC(=O)NC(C)(Cc1ccccc1)c1ccccc1. The number of benzene rings is 2. The molecule has 0 spiro atoms. The molecular weight excluding hydrogens is 340 g/mol. The third-order valence-electron chi connectivity index (χ3n) is 4.02. The van der Waals surface area contributed by atoms with Gasteiger partial charge >= 0.3 is 6.09 Å². The quantitative estimate of drug-likeness (QED) is 0.815. The van der Waals surface area contributed by atoms with Crippen LogP contribution in [0.15, 0.2) is 60.7 Å². The fourth-order valence-corrected chi connectivity index (χ4v) is 2.85. The van der Waals surface area contributed by atoms with Crippen LogP contribution in [-0.4, -0.2) is 24.1 Å². The Morgan fingerprint density at radius 3 is 2.00 bits per heavy atom. The monoisotopic (exact) mass is 368 g/mol. The van der Waals surface area contributed by atoms with Gasteiger partial charge in [-0.3, -0.25) is 4.79 Å². The Balaban J connectivity index is 2.08. The number of ether oxygens (including phenoxy) is 1. The predicted octanol–water partition coefficient (Wildman–Crippen LogP) is 3.79. The van der Waals surface area contributed by atoms with Crippen LogP contribution in [0.2, 0.25) is 0 Å². The summed E-state index contributed by atoms with van der Waals surface area (Å²) in [4.78, 5) is 24.3. The zero-order valence-corrected chi connectivity index (χ0v) is 16.4. The molecule has 2 rings (SSSR count). The van der Waals surface area contributed by atoms with Crippen molar-refractivity contribution in [3.05, 3.63) is 71.8 Å². The first kappa shape index (κ1) is 20.5. The average Bonchev–Trinajstić information content (AvgIpc) is 2.60. The third-order valence-corrected chi connectivity index (χ3v) is 4.02. The number of carbonyl (C=O) groups excluding carboxylic acids is 2. The van der Waals surface area contributed by atoms with Crippen molar-refractivity contribution in [2.45, 2.75) is 45.3 Å². The smallest absolute Gasteiger partial charge is 0.408 e. The fraction of sp³-hybridized carbons (Fsp3) is 0.364. The zero-order chi connectivity index (χ0) is 19.9. The van der Waals surface area contributed by atoms with Crippen LogP contribution in [0.25, 0.3) is 0 Å². The highest BCUT2D eigenvalue weighted by Gasteiger charge is 2.29. The first-order valence-corrected chi connectivity index (χ1v) is 9.05. The minimum atomic E-state index is -0.609. The molecule has 0 aliphatic heterocycles. The number of nitrogens with one attached hydrogen (secondary N) is 2. The molecule has 0 heterocycles. The molecule has 0 fully saturated rings. The summed E-state index contributed by atoms with van der Waals surface area (Å²) in [7, 11) is 0. The third kappa shape index (κ3) is 6.77. The summed E-state index contributed by atoms with van der Waals surface area (Å²) >= 11 is 0. The van der Waals surface area contributed by atoms with Crippen LogP contribution in [0.4, 0.5) is 4.79 Å². The molecule has 2 aromatic rings. The lowest BCUT2D eigenvalue weighted by molar-refractivity contribution is -0.122. The number of rotatable bonds is 6. The van der Waals surface area contributed by atoms with E-state index in [9.17, 15) is 9.59 Å². The van der Waals surface area contributed by atoms with Crippen LogP contribution in [0.3, 0.4) is 0 Å². The van der Waals surface area contributed by atoms with Crippen molar-refractivity contribution >= 4 is 12.0 Å². The van der Waals surface area contributed by atoms with Gasteiger partial charge in [-0.1, -0.05) is 60.7 Å². The Bertz CT molecular complexity index is 754. The van der Waals surface area contributed by atoms with Crippen LogP contribution in [0.5, 0.6) is 0 Å². The van der Waals surface area contributed by atoms with Crippen molar-refractivity contribution in [1.29, 1.82) is 0 Å². The van der Waals surface area contributed by atoms with Gasteiger partial charge in [0.15, 0.2) is 0 Å². The highest BCUT2D eigenvalue weighted by Crippen LogP contribution is 2.25. The van der Waals surface area contributed by atoms with E-state index in [2.05, 4.69) is 10.6 Å². The van der Waals surface area contributed by atoms with E-state index in [0.29, 0.717) is 6.42 Å². The van der Waals surface area contributed by atoms with Crippen molar-refractivity contribution in [3.63, 3.8) is 0 Å². The summed E-state index contributed by atoms with van der Waals surface area (Å²) in [6.07, 6.45) is 0.0258. The van der Waals surface area contributed by atoms with Gasteiger partial charge in [0, 0.05) is 0 Å². The van der Waals surface area contributed by atoms with Gasteiger partial charge in [0.2, 0.25) is 5.91 Å². The first-order valence-electron chi connectivity index (χ1n) is 9.05. The van der Waals surface area contributed by atoms with E-state index in [0.717, 1.165) is 11.1 Å². The fourth-order valence-electron chi connectivity index (χ4n) is 2.85. The van der Waals surface area contributed by atoms with Gasteiger partial charge < -0.3 is 15.4 Å². The molecule has 0 radical (unpaired) electrons. The second-order valence-electron chi connectivity index (χ2n) is 7.76. The summed E-state index contributed by atoms with van der Waals surface area (Å²) in [6.45, 7) is 7.17. The van der Waals surface area contributed by atoms with E-state index in [4.69, 9.17) is 4.74 Å². The summed E-state index contributed by atoms with van der Waals surface area (Å²) in [5.74, 6) is -0.275. The van der Waals surface area contributed by atoms with E-state index in [1.165, 1.54) is 0 Å². The molecule has 0 saturated heterocycles. The molecule has 0 aliphatic carbocycles. The summed E-state index contributed by atoms with van der Waals surface area (Å²) in [6, 6.07) is 19.8. The molecule has 144 valence electrons. The van der Waals surface area contributed by atoms with Gasteiger partial charge in [0.05, 0.1) is 5.54 Å². The second-order valence-corrected chi connectivity index (χ2v) is 7.76. The van der Waals surface area contributed by atoms with E-state index < -0.39 is 17.2 Å². The highest BCUT2D eigenvalue weighted by molar-refractivity contribution is 5.83. The maximum Gasteiger partial charge on any atom is 0.408 e.